The minimum absolute atomic E-state index is 0. The van der Waals surface area contributed by atoms with Gasteiger partial charge >= 0.3 is 17.1 Å². The zero-order valence-corrected chi connectivity index (χ0v) is 16.7. The molecule has 0 aliphatic carbocycles. The molecule has 0 aromatic carbocycles. The molecule has 0 unspecified atom stereocenters. The Morgan fingerprint density at radius 1 is 0.900 bits per heavy atom. The molecule has 0 bridgehead atoms. The van der Waals surface area contributed by atoms with Gasteiger partial charge in [-0.1, -0.05) is 38.5 Å². The second-order valence-corrected chi connectivity index (χ2v) is 5.51. The minimum atomic E-state index is 0. The van der Waals surface area contributed by atoms with Crippen LogP contribution in [0.25, 0.3) is 0 Å². The first-order valence-corrected chi connectivity index (χ1v) is 7.69. The van der Waals surface area contributed by atoms with E-state index in [9.17, 15) is 0 Å². The molecule has 1 rings (SSSR count). The maximum absolute atomic E-state index is 4.23. The molecule has 0 saturated heterocycles. The number of unbranched alkanes of at least 4 members (excludes halogenated alkanes) is 7. The Morgan fingerprint density at radius 2 is 1.40 bits per heavy atom. The van der Waals surface area contributed by atoms with E-state index in [4.69, 9.17) is 0 Å². The molecule has 0 N–H and O–H groups in total. The Morgan fingerprint density at radius 3 is 1.85 bits per heavy atom. The van der Waals surface area contributed by atoms with E-state index in [1.54, 1.807) is 0 Å². The van der Waals surface area contributed by atoms with Gasteiger partial charge in [-0.25, -0.2) is 0 Å². The van der Waals surface area contributed by atoms with E-state index in [1.807, 2.05) is 0 Å². The summed E-state index contributed by atoms with van der Waals surface area (Å²) in [5.41, 5.74) is 0. The predicted molar refractivity (Wildman–Crippen MR) is 79.3 cm³/mol. The molecule has 0 amide bonds. The van der Waals surface area contributed by atoms with Crippen LogP contribution in [-0.4, -0.2) is 35.8 Å². The summed E-state index contributed by atoms with van der Waals surface area (Å²) in [6.07, 6.45) is 15.4. The van der Waals surface area contributed by atoms with Crippen LogP contribution in [0.2, 0.25) is 0 Å². The Bertz CT molecular complexity index is 223. The molecule has 2 nitrogen and oxygen atoms in total. The van der Waals surface area contributed by atoms with Gasteiger partial charge in [-0.15, -0.1) is 0 Å². The van der Waals surface area contributed by atoms with Gasteiger partial charge in [0.2, 0.25) is 0 Å². The molecule has 1 heterocycles. The first kappa shape index (κ1) is 25.9. The topological polar surface area (TPSA) is 6.48 Å². The van der Waals surface area contributed by atoms with Crippen LogP contribution in [0, 0.1) is 0 Å². The number of thiol groups is 1. The standard InChI is InChI=1S/C14H28N2S.BrH.ClH.Fe/c1-15-11-12-16(14-15)10-8-6-4-2-3-5-7-9-13-17;;;/h11-12,17H,2-10,13-14H2,1H3;2*1H;/q;;;+2/p-2. The number of hydrogen-bond donors (Lipinski definition) is 1. The number of halogens is 2. The van der Waals surface area contributed by atoms with Crippen molar-refractivity contribution in [1.82, 2.24) is 9.80 Å². The fourth-order valence-electron chi connectivity index (χ4n) is 2.22. The van der Waals surface area contributed by atoms with E-state index >= 15 is 0 Å². The summed E-state index contributed by atoms with van der Waals surface area (Å²) in [5, 5.41) is 0. The van der Waals surface area contributed by atoms with Crippen LogP contribution in [-0.2, 0) is 17.1 Å². The fourth-order valence-corrected chi connectivity index (χ4v) is 2.45. The van der Waals surface area contributed by atoms with Crippen LogP contribution in [0.3, 0.4) is 0 Å². The van der Waals surface area contributed by atoms with Gasteiger partial charge in [0.25, 0.3) is 0 Å². The summed E-state index contributed by atoms with van der Waals surface area (Å²) in [6.45, 7) is 2.30. The van der Waals surface area contributed by atoms with E-state index in [0.29, 0.717) is 0 Å². The summed E-state index contributed by atoms with van der Waals surface area (Å²) in [4.78, 5) is 4.62. The number of hydrogen-bond acceptors (Lipinski definition) is 3. The summed E-state index contributed by atoms with van der Waals surface area (Å²) < 4.78 is 0. The molecule has 0 atom stereocenters. The predicted octanol–water partition coefficient (Wildman–Crippen LogP) is -2.28. The largest absolute Gasteiger partial charge is 2.00 e. The van der Waals surface area contributed by atoms with Crippen molar-refractivity contribution in [1.29, 1.82) is 0 Å². The molecule has 0 spiro atoms. The second kappa shape index (κ2) is 18.0. The minimum Gasteiger partial charge on any atom is -1.00 e. The van der Waals surface area contributed by atoms with E-state index in [0.717, 1.165) is 12.4 Å². The first-order valence-electron chi connectivity index (χ1n) is 7.06. The molecule has 0 radical (unpaired) electrons. The second-order valence-electron chi connectivity index (χ2n) is 5.06. The molecule has 1 aliphatic rings. The fraction of sp³-hybridized carbons (Fsp3) is 0.857. The van der Waals surface area contributed by atoms with Gasteiger partial charge in [0.15, 0.2) is 0 Å². The van der Waals surface area contributed by atoms with Crippen LogP contribution in [0.1, 0.15) is 51.4 Å². The van der Waals surface area contributed by atoms with Crippen LogP contribution >= 0.6 is 12.6 Å². The molecule has 0 aromatic heterocycles. The van der Waals surface area contributed by atoms with Gasteiger partial charge in [0.1, 0.15) is 0 Å². The third-order valence-corrected chi connectivity index (χ3v) is 3.61. The first-order chi connectivity index (χ1) is 8.33. The maximum Gasteiger partial charge on any atom is 2.00 e. The van der Waals surface area contributed by atoms with Crippen molar-refractivity contribution in [3.05, 3.63) is 12.4 Å². The average Bonchev–Trinajstić information content (AvgIpc) is 2.73. The van der Waals surface area contributed by atoms with Crippen molar-refractivity contribution >= 4 is 12.6 Å². The quantitative estimate of drug-likeness (QED) is 0.238. The van der Waals surface area contributed by atoms with Crippen molar-refractivity contribution in [3.63, 3.8) is 0 Å². The number of nitrogens with zero attached hydrogens (tertiary/aromatic N) is 2. The number of rotatable bonds is 10. The third kappa shape index (κ3) is 13.9. The normalized spacial score (nSPS) is 12.7. The van der Waals surface area contributed by atoms with Crippen molar-refractivity contribution < 1.29 is 46.5 Å². The molecule has 1 aliphatic heterocycles. The Balaban J connectivity index is -0.000000963. The van der Waals surface area contributed by atoms with Gasteiger partial charge in [0.05, 0.1) is 6.67 Å². The van der Waals surface area contributed by atoms with E-state index in [2.05, 4.69) is 41.9 Å². The van der Waals surface area contributed by atoms with Gasteiger partial charge in [-0.2, -0.15) is 12.6 Å². The Kier molecular flexibility index (Phi) is 23.4. The summed E-state index contributed by atoms with van der Waals surface area (Å²) in [6, 6.07) is 0. The molecule has 0 aromatic rings. The van der Waals surface area contributed by atoms with E-state index in [1.165, 1.54) is 57.9 Å². The zero-order valence-electron chi connectivity index (χ0n) is 12.4. The van der Waals surface area contributed by atoms with Crippen molar-refractivity contribution in [2.75, 3.05) is 26.0 Å². The van der Waals surface area contributed by atoms with Gasteiger partial charge < -0.3 is 39.2 Å². The van der Waals surface area contributed by atoms with Crippen LogP contribution < -0.4 is 29.4 Å². The third-order valence-electron chi connectivity index (χ3n) is 3.29. The molecule has 0 fully saturated rings. The summed E-state index contributed by atoms with van der Waals surface area (Å²) >= 11 is 4.23. The molecule has 122 valence electrons. The molecule has 20 heavy (non-hydrogen) atoms. The Hall–Kier alpha value is 0.979. The summed E-state index contributed by atoms with van der Waals surface area (Å²) in [7, 11) is 2.13. The SMILES string of the molecule is CN1C=CN(CCCCCCCCCCS)C1.[Br-].[Cl-].[Fe+2]. The summed E-state index contributed by atoms with van der Waals surface area (Å²) in [5.74, 6) is 1.05. The molecular formula is C14H28BrClFeN2S. The molecule has 6 heteroatoms. The van der Waals surface area contributed by atoms with Crippen LogP contribution in [0.15, 0.2) is 12.4 Å². The van der Waals surface area contributed by atoms with Crippen LogP contribution in [0.5, 0.6) is 0 Å². The molecule has 0 saturated carbocycles. The molecular weight excluding hydrogens is 399 g/mol. The monoisotopic (exact) mass is 426 g/mol. The van der Waals surface area contributed by atoms with Gasteiger partial charge in [0, 0.05) is 26.0 Å². The zero-order chi connectivity index (χ0) is 12.3. The van der Waals surface area contributed by atoms with Gasteiger partial charge in [-0.05, 0) is 18.6 Å². The Labute approximate surface area is 158 Å². The van der Waals surface area contributed by atoms with Crippen molar-refractivity contribution in [2.24, 2.45) is 0 Å². The van der Waals surface area contributed by atoms with E-state index < -0.39 is 0 Å². The van der Waals surface area contributed by atoms with Crippen molar-refractivity contribution in [2.45, 2.75) is 51.4 Å². The average molecular weight is 428 g/mol. The van der Waals surface area contributed by atoms with E-state index in [-0.39, 0.29) is 46.5 Å². The smallest absolute Gasteiger partial charge is 1.00 e. The van der Waals surface area contributed by atoms with Gasteiger partial charge in [-0.3, -0.25) is 0 Å². The van der Waals surface area contributed by atoms with Crippen molar-refractivity contribution in [3.8, 4) is 0 Å². The maximum atomic E-state index is 4.23. The van der Waals surface area contributed by atoms with Crippen LogP contribution in [0.4, 0.5) is 0 Å².